The third-order valence-electron chi connectivity index (χ3n) is 10.8. The predicted octanol–water partition coefficient (Wildman–Crippen LogP) is 11.7. The molecule has 0 heterocycles. The molecule has 0 aliphatic heterocycles. The summed E-state index contributed by atoms with van der Waals surface area (Å²) in [5, 5.41) is 0. The van der Waals surface area contributed by atoms with Crippen molar-refractivity contribution in [3.8, 4) is 5.75 Å². The zero-order valence-corrected chi connectivity index (χ0v) is 25.0. The number of ether oxygens (including phenoxy) is 1. The van der Waals surface area contributed by atoms with E-state index in [9.17, 15) is 17.6 Å². The van der Waals surface area contributed by atoms with Crippen molar-refractivity contribution in [2.24, 2.45) is 23.7 Å². The normalized spacial score (nSPS) is 28.9. The summed E-state index contributed by atoms with van der Waals surface area (Å²) in [4.78, 5) is 0. The molecule has 232 valence electrons. The number of rotatable bonds is 10. The van der Waals surface area contributed by atoms with E-state index in [1.54, 1.807) is 0 Å². The van der Waals surface area contributed by atoms with E-state index in [1.165, 1.54) is 56.9 Å². The highest BCUT2D eigenvalue weighted by molar-refractivity contribution is 5.30. The van der Waals surface area contributed by atoms with E-state index in [-0.39, 0.29) is 17.5 Å². The number of alkyl halides is 2. The number of hydrogen-bond acceptors (Lipinski definition) is 1. The molecule has 1 nitrogen and oxygen atoms in total. The summed E-state index contributed by atoms with van der Waals surface area (Å²) in [5.74, 6) is -1.20. The second kappa shape index (κ2) is 14.1. The van der Waals surface area contributed by atoms with Crippen LogP contribution in [0.15, 0.2) is 36.4 Å². The lowest BCUT2D eigenvalue weighted by atomic mass is 9.68. The van der Waals surface area contributed by atoms with Crippen LogP contribution < -0.4 is 4.74 Å². The molecule has 0 N–H and O–H groups in total. The molecule has 2 aromatic carbocycles. The molecule has 6 heteroatoms. The van der Waals surface area contributed by atoms with Crippen LogP contribution in [0.2, 0.25) is 0 Å². The van der Waals surface area contributed by atoms with Gasteiger partial charge in [0.15, 0.2) is 11.6 Å². The molecule has 0 atom stereocenters. The van der Waals surface area contributed by atoms with Crippen LogP contribution in [-0.4, -0.2) is 6.11 Å². The monoisotopic (exact) mass is 590 g/mol. The Balaban J connectivity index is 1.07. The predicted molar refractivity (Wildman–Crippen MR) is 157 cm³/mol. The lowest BCUT2D eigenvalue weighted by Crippen LogP contribution is -2.38. The summed E-state index contributed by atoms with van der Waals surface area (Å²) in [6, 6.07) is 8.54. The molecule has 42 heavy (non-hydrogen) atoms. The molecular weight excluding hydrogens is 543 g/mol. The van der Waals surface area contributed by atoms with E-state index in [1.807, 2.05) is 12.1 Å². The molecule has 0 saturated heterocycles. The highest BCUT2D eigenvalue weighted by atomic mass is 19.3. The standard InChI is InChI=1S/C36H47F5O/c1-2-3-4-5-24-6-8-27(9-7-24)29-16-20-32(34(38)22-29)28-12-10-25(11-13-28)26-14-17-30(18-15-26)36(40,41)42-31-19-21-33(37)35(39)23-31/h16,19-28,30H,2-15,17-18H2,1H3. The van der Waals surface area contributed by atoms with Gasteiger partial charge in [-0.2, -0.15) is 8.78 Å². The SMILES string of the molecule is CCCCCC1CCC(c2ccc(C3CCC(C4CCC(C(F)(F)Oc5ccc(F)c(F)c5)CC4)CC3)c(F)c2)CC1. The largest absolute Gasteiger partial charge is 0.432 e. The molecule has 5 rings (SSSR count). The van der Waals surface area contributed by atoms with Crippen molar-refractivity contribution in [1.82, 2.24) is 0 Å². The van der Waals surface area contributed by atoms with E-state index in [0.29, 0.717) is 49.5 Å². The highest BCUT2D eigenvalue weighted by Gasteiger charge is 2.45. The van der Waals surface area contributed by atoms with Gasteiger partial charge in [0.05, 0.1) is 5.92 Å². The molecule has 3 aliphatic carbocycles. The van der Waals surface area contributed by atoms with E-state index in [0.717, 1.165) is 49.3 Å². The lowest BCUT2D eigenvalue weighted by Gasteiger charge is -2.39. The smallest absolute Gasteiger partial charge is 0.400 e. The Morgan fingerprint density at radius 1 is 0.667 bits per heavy atom. The lowest BCUT2D eigenvalue weighted by molar-refractivity contribution is -0.224. The van der Waals surface area contributed by atoms with Crippen LogP contribution in [0.3, 0.4) is 0 Å². The van der Waals surface area contributed by atoms with Gasteiger partial charge in [0.2, 0.25) is 0 Å². The maximum atomic E-state index is 15.4. The first-order valence-electron chi connectivity index (χ1n) is 16.5. The van der Waals surface area contributed by atoms with E-state index >= 15 is 4.39 Å². The Morgan fingerprint density at radius 3 is 1.93 bits per heavy atom. The molecule has 0 bridgehead atoms. The first-order valence-corrected chi connectivity index (χ1v) is 16.5. The molecule has 0 aromatic heterocycles. The van der Waals surface area contributed by atoms with E-state index < -0.39 is 23.7 Å². The fourth-order valence-electron chi connectivity index (χ4n) is 8.20. The maximum absolute atomic E-state index is 15.4. The fourth-order valence-corrected chi connectivity index (χ4v) is 8.20. The van der Waals surface area contributed by atoms with Crippen LogP contribution in [0.25, 0.3) is 0 Å². The minimum Gasteiger partial charge on any atom is -0.432 e. The van der Waals surface area contributed by atoms with Crippen LogP contribution in [0.4, 0.5) is 22.0 Å². The van der Waals surface area contributed by atoms with Gasteiger partial charge in [-0.25, -0.2) is 13.2 Å². The second-order valence-electron chi connectivity index (χ2n) is 13.5. The first-order chi connectivity index (χ1) is 20.2. The summed E-state index contributed by atoms with van der Waals surface area (Å²) in [5.41, 5.74) is 2.02. The molecule has 2 aromatic rings. The summed E-state index contributed by atoms with van der Waals surface area (Å²) >= 11 is 0. The Hall–Kier alpha value is -2.11. The zero-order valence-electron chi connectivity index (χ0n) is 25.0. The Bertz CT molecular complexity index is 1140. The van der Waals surface area contributed by atoms with Crippen LogP contribution in [0, 0.1) is 41.1 Å². The van der Waals surface area contributed by atoms with Crippen LogP contribution in [0.1, 0.15) is 133 Å². The van der Waals surface area contributed by atoms with Crippen molar-refractivity contribution in [1.29, 1.82) is 0 Å². The molecule has 0 amide bonds. The summed E-state index contributed by atoms with van der Waals surface area (Å²) in [6.45, 7) is 2.25. The van der Waals surface area contributed by atoms with Gasteiger partial charge >= 0.3 is 6.11 Å². The Kier molecular flexibility index (Phi) is 10.5. The van der Waals surface area contributed by atoms with Gasteiger partial charge in [0, 0.05) is 6.07 Å². The minimum atomic E-state index is -3.43. The quantitative estimate of drug-likeness (QED) is 0.198. The van der Waals surface area contributed by atoms with Crippen molar-refractivity contribution in [2.75, 3.05) is 0 Å². The van der Waals surface area contributed by atoms with Gasteiger partial charge in [-0.1, -0.05) is 44.7 Å². The van der Waals surface area contributed by atoms with Crippen LogP contribution >= 0.6 is 0 Å². The molecule has 3 aliphatic rings. The maximum Gasteiger partial charge on any atom is 0.400 e. The van der Waals surface area contributed by atoms with Crippen molar-refractivity contribution >= 4 is 0 Å². The zero-order chi connectivity index (χ0) is 29.7. The molecule has 0 radical (unpaired) electrons. The molecule has 0 spiro atoms. The van der Waals surface area contributed by atoms with Gasteiger partial charge in [-0.05, 0) is 136 Å². The molecule has 3 fully saturated rings. The highest BCUT2D eigenvalue weighted by Crippen LogP contribution is 2.47. The average molecular weight is 591 g/mol. The third kappa shape index (κ3) is 7.69. The van der Waals surface area contributed by atoms with E-state index in [2.05, 4.69) is 13.0 Å². The Morgan fingerprint density at radius 2 is 1.31 bits per heavy atom. The van der Waals surface area contributed by atoms with Crippen LogP contribution in [0.5, 0.6) is 5.75 Å². The fraction of sp³-hybridized carbons (Fsp3) is 0.667. The number of unbranched alkanes of at least 4 members (excludes halogenated alkanes) is 2. The molecule has 0 unspecified atom stereocenters. The Labute approximate surface area is 248 Å². The number of halogens is 5. The number of hydrogen-bond donors (Lipinski definition) is 0. The summed E-state index contributed by atoms with van der Waals surface area (Å²) < 4.78 is 76.4. The molecule has 3 saturated carbocycles. The van der Waals surface area contributed by atoms with Crippen molar-refractivity contribution < 1.29 is 26.7 Å². The van der Waals surface area contributed by atoms with Gasteiger partial charge in [-0.3, -0.25) is 0 Å². The van der Waals surface area contributed by atoms with Crippen LogP contribution in [-0.2, 0) is 0 Å². The summed E-state index contributed by atoms with van der Waals surface area (Å²) in [7, 11) is 0. The van der Waals surface area contributed by atoms with Gasteiger partial charge in [-0.15, -0.1) is 0 Å². The topological polar surface area (TPSA) is 9.23 Å². The van der Waals surface area contributed by atoms with Crippen molar-refractivity contribution in [3.63, 3.8) is 0 Å². The third-order valence-corrected chi connectivity index (χ3v) is 10.8. The van der Waals surface area contributed by atoms with Gasteiger partial charge in [0.1, 0.15) is 11.6 Å². The summed E-state index contributed by atoms with van der Waals surface area (Å²) in [6.07, 6.45) is 12.7. The second-order valence-corrected chi connectivity index (χ2v) is 13.5. The van der Waals surface area contributed by atoms with Crippen molar-refractivity contribution in [3.05, 3.63) is 65.0 Å². The van der Waals surface area contributed by atoms with Gasteiger partial charge < -0.3 is 4.74 Å². The number of benzene rings is 2. The van der Waals surface area contributed by atoms with Crippen molar-refractivity contribution in [2.45, 2.75) is 128 Å². The minimum absolute atomic E-state index is 0.0511. The molecular formula is C36H47F5O. The average Bonchev–Trinajstić information content (AvgIpc) is 2.99. The van der Waals surface area contributed by atoms with E-state index in [4.69, 9.17) is 4.74 Å². The van der Waals surface area contributed by atoms with Gasteiger partial charge in [0.25, 0.3) is 0 Å². The first kappa shape index (κ1) is 31.3.